The van der Waals surface area contributed by atoms with Crippen molar-refractivity contribution < 1.29 is 38.0 Å². The van der Waals surface area contributed by atoms with Gasteiger partial charge in [-0.25, -0.2) is 0 Å². The second-order valence-corrected chi connectivity index (χ2v) is 7.61. The fourth-order valence-electron chi connectivity index (χ4n) is 4.63. The summed E-state index contributed by atoms with van der Waals surface area (Å²) in [6.07, 6.45) is -4.79. The molecule has 1 aromatic heterocycles. The van der Waals surface area contributed by atoms with Crippen LogP contribution in [-0.4, -0.2) is 25.9 Å². The highest BCUT2D eigenvalue weighted by Gasteiger charge is 2.66. The molecule has 152 valence electrons. The molecular weight excluding hydrogens is 393 g/mol. The molecule has 2 aromatic rings. The maximum absolute atomic E-state index is 13.3. The molecule has 0 amide bonds. The average Bonchev–Trinajstić information content (AvgIpc) is 3.15. The van der Waals surface area contributed by atoms with Crippen molar-refractivity contribution >= 4 is 5.97 Å². The number of nitriles is 1. The molecule has 3 heterocycles. The molecule has 2 aliphatic heterocycles. The molecule has 0 aliphatic carbocycles. The van der Waals surface area contributed by atoms with E-state index in [1.54, 1.807) is 6.92 Å². The van der Waals surface area contributed by atoms with Gasteiger partial charge in [0.15, 0.2) is 0 Å². The molecule has 10 heteroatoms. The van der Waals surface area contributed by atoms with E-state index in [0.717, 1.165) is 16.7 Å². The minimum atomic E-state index is -4.82. The zero-order valence-electron chi connectivity index (χ0n) is 15.2. The number of halogens is 3. The van der Waals surface area contributed by atoms with Gasteiger partial charge in [-0.3, -0.25) is 9.36 Å². The molecule has 4 rings (SSSR count). The third-order valence-corrected chi connectivity index (χ3v) is 5.83. The van der Waals surface area contributed by atoms with Gasteiger partial charge >= 0.3 is 12.1 Å². The Morgan fingerprint density at radius 1 is 1.28 bits per heavy atom. The van der Waals surface area contributed by atoms with Crippen molar-refractivity contribution in [1.29, 1.82) is 5.26 Å². The van der Waals surface area contributed by atoms with Gasteiger partial charge in [0.2, 0.25) is 11.8 Å². The SMILES string of the molecule is C[C@]12C[C@@H](C(=O)O)[C@](C)(O1)c1c2c(O)n(-c2ccc(C#N)c(C(F)(F)F)c2)c1O. The Morgan fingerprint density at radius 2 is 1.90 bits per heavy atom. The van der Waals surface area contributed by atoms with E-state index in [2.05, 4.69) is 0 Å². The molecule has 3 atom stereocenters. The highest BCUT2D eigenvalue weighted by atomic mass is 19.4. The maximum Gasteiger partial charge on any atom is 0.417 e. The third-order valence-electron chi connectivity index (χ3n) is 5.83. The molecule has 0 saturated carbocycles. The molecule has 3 N–H and O–H groups in total. The summed E-state index contributed by atoms with van der Waals surface area (Å²) in [6.45, 7) is 3.02. The number of rotatable bonds is 2. The van der Waals surface area contributed by atoms with Crippen molar-refractivity contribution in [1.82, 2.24) is 4.57 Å². The van der Waals surface area contributed by atoms with Crippen LogP contribution in [0.1, 0.15) is 42.5 Å². The quantitative estimate of drug-likeness (QED) is 0.702. The zero-order chi connectivity index (χ0) is 21.5. The molecule has 1 fully saturated rings. The van der Waals surface area contributed by atoms with Crippen molar-refractivity contribution in [3.05, 3.63) is 40.5 Å². The zero-order valence-corrected chi connectivity index (χ0v) is 15.2. The number of carboxylic acids is 1. The first kappa shape index (κ1) is 19.1. The lowest BCUT2D eigenvalue weighted by Gasteiger charge is -2.26. The van der Waals surface area contributed by atoms with Crippen LogP contribution in [-0.2, 0) is 26.9 Å². The first-order valence-electron chi connectivity index (χ1n) is 8.57. The van der Waals surface area contributed by atoms with Crippen LogP contribution < -0.4 is 0 Å². The van der Waals surface area contributed by atoms with Crippen LogP contribution in [0.2, 0.25) is 0 Å². The summed E-state index contributed by atoms with van der Waals surface area (Å²) >= 11 is 0. The first-order chi connectivity index (χ1) is 13.3. The van der Waals surface area contributed by atoms with Crippen LogP contribution in [0.25, 0.3) is 5.69 Å². The van der Waals surface area contributed by atoms with Crippen molar-refractivity contribution in [2.24, 2.45) is 5.92 Å². The number of carboxylic acid groups (broad SMARTS) is 1. The summed E-state index contributed by atoms with van der Waals surface area (Å²) in [4.78, 5) is 11.7. The second kappa shape index (κ2) is 5.45. The molecule has 2 aliphatic rings. The monoisotopic (exact) mass is 408 g/mol. The van der Waals surface area contributed by atoms with Crippen LogP contribution >= 0.6 is 0 Å². The number of aromatic nitrogens is 1. The van der Waals surface area contributed by atoms with E-state index in [-0.39, 0.29) is 23.2 Å². The molecule has 1 aromatic carbocycles. The van der Waals surface area contributed by atoms with Gasteiger partial charge in [-0.2, -0.15) is 18.4 Å². The highest BCUT2D eigenvalue weighted by molar-refractivity contribution is 5.76. The Bertz CT molecular complexity index is 1120. The fraction of sp³-hybridized carbons (Fsp3) is 0.368. The van der Waals surface area contributed by atoms with E-state index in [1.165, 1.54) is 13.0 Å². The highest BCUT2D eigenvalue weighted by Crippen LogP contribution is 2.66. The number of hydrogen-bond acceptors (Lipinski definition) is 5. The first-order valence-corrected chi connectivity index (χ1v) is 8.57. The minimum Gasteiger partial charge on any atom is -0.494 e. The Morgan fingerprint density at radius 3 is 2.45 bits per heavy atom. The standard InChI is InChI=1S/C19H15F3N2O5/c1-17-6-11(16(27)28)18(2,29-17)13-12(17)14(25)24(15(13)26)9-4-3-8(7-23)10(5-9)19(20,21)22/h3-5,11,25-26H,6H2,1-2H3,(H,27,28)/t11-,17+,18-/m0/s1. The van der Waals surface area contributed by atoms with Crippen molar-refractivity contribution in [2.75, 3.05) is 0 Å². The van der Waals surface area contributed by atoms with Gasteiger partial charge in [-0.1, -0.05) is 0 Å². The number of benzene rings is 1. The summed E-state index contributed by atoms with van der Waals surface area (Å²) in [5.74, 6) is -3.29. The lowest BCUT2D eigenvalue weighted by Crippen LogP contribution is -2.34. The van der Waals surface area contributed by atoms with Crippen LogP contribution in [0, 0.1) is 17.2 Å². The third kappa shape index (κ3) is 2.31. The Hall–Kier alpha value is -3.19. The summed E-state index contributed by atoms with van der Waals surface area (Å²) in [6, 6.07) is 4.21. The summed E-state index contributed by atoms with van der Waals surface area (Å²) in [7, 11) is 0. The van der Waals surface area contributed by atoms with Gasteiger partial charge in [0.1, 0.15) is 5.60 Å². The molecule has 29 heavy (non-hydrogen) atoms. The van der Waals surface area contributed by atoms with E-state index in [0.29, 0.717) is 6.07 Å². The number of carbonyl (C=O) groups is 1. The van der Waals surface area contributed by atoms with Gasteiger partial charge in [-0.05, 0) is 38.5 Å². The van der Waals surface area contributed by atoms with Crippen molar-refractivity contribution in [3.8, 4) is 23.5 Å². The van der Waals surface area contributed by atoms with Crippen LogP contribution in [0.15, 0.2) is 18.2 Å². The normalized spacial score (nSPS) is 27.7. The lowest BCUT2D eigenvalue weighted by atomic mass is 9.73. The Labute approximate surface area is 162 Å². The number of nitrogens with zero attached hydrogens (tertiary/aromatic N) is 2. The number of alkyl halides is 3. The second-order valence-electron chi connectivity index (χ2n) is 7.61. The summed E-state index contributed by atoms with van der Waals surface area (Å²) in [5.41, 5.74) is -4.54. The van der Waals surface area contributed by atoms with Gasteiger partial charge in [-0.15, -0.1) is 0 Å². The van der Waals surface area contributed by atoms with Crippen LogP contribution in [0.3, 0.4) is 0 Å². The lowest BCUT2D eigenvalue weighted by molar-refractivity contribution is -0.149. The van der Waals surface area contributed by atoms with Crippen molar-refractivity contribution in [2.45, 2.75) is 37.6 Å². The Balaban J connectivity index is 1.97. The number of hydrogen-bond donors (Lipinski definition) is 3. The molecule has 0 spiro atoms. The molecule has 0 radical (unpaired) electrons. The minimum absolute atomic E-state index is 0.0318. The predicted molar refractivity (Wildman–Crippen MR) is 90.3 cm³/mol. The predicted octanol–water partition coefficient (Wildman–Crippen LogP) is 3.34. The van der Waals surface area contributed by atoms with Gasteiger partial charge < -0.3 is 20.1 Å². The van der Waals surface area contributed by atoms with Crippen molar-refractivity contribution in [3.63, 3.8) is 0 Å². The number of fused-ring (bicyclic) bond motifs is 5. The van der Waals surface area contributed by atoms with E-state index >= 15 is 0 Å². The van der Waals surface area contributed by atoms with Crippen LogP contribution in [0.5, 0.6) is 11.8 Å². The number of ether oxygens (including phenoxy) is 1. The van der Waals surface area contributed by atoms with Gasteiger partial charge in [0.25, 0.3) is 0 Å². The van der Waals surface area contributed by atoms with E-state index < -0.39 is 52.2 Å². The average molecular weight is 408 g/mol. The van der Waals surface area contributed by atoms with E-state index in [9.17, 15) is 33.3 Å². The van der Waals surface area contributed by atoms with E-state index in [4.69, 9.17) is 10.00 Å². The summed E-state index contributed by atoms with van der Waals surface area (Å²) < 4.78 is 46.6. The molecule has 1 saturated heterocycles. The largest absolute Gasteiger partial charge is 0.494 e. The molecule has 2 bridgehead atoms. The smallest absolute Gasteiger partial charge is 0.417 e. The topological polar surface area (TPSA) is 116 Å². The molecule has 0 unspecified atom stereocenters. The molecule has 7 nitrogen and oxygen atoms in total. The Kier molecular flexibility index (Phi) is 3.60. The summed E-state index contributed by atoms with van der Waals surface area (Å²) in [5, 5.41) is 40.0. The number of aromatic hydroxyl groups is 2. The number of aliphatic carboxylic acids is 1. The van der Waals surface area contributed by atoms with Crippen LogP contribution in [0.4, 0.5) is 13.2 Å². The molecular formula is C19H15F3N2O5. The van der Waals surface area contributed by atoms with E-state index in [1.807, 2.05) is 0 Å². The maximum atomic E-state index is 13.3. The van der Waals surface area contributed by atoms with Gasteiger partial charge in [0.05, 0.1) is 45.5 Å². The van der Waals surface area contributed by atoms with Gasteiger partial charge in [0, 0.05) is 0 Å². The fourth-order valence-corrected chi connectivity index (χ4v) is 4.63.